The number of ether oxygens (including phenoxy) is 1. The van der Waals surface area contributed by atoms with Crippen LogP contribution in [0.15, 0.2) is 48.5 Å². The van der Waals surface area contributed by atoms with Crippen LogP contribution in [0.3, 0.4) is 0 Å². The van der Waals surface area contributed by atoms with Crippen LogP contribution in [-0.4, -0.2) is 6.36 Å². The van der Waals surface area contributed by atoms with Crippen molar-refractivity contribution in [2.75, 3.05) is 0 Å². The number of benzene rings is 3. The standard InChI is InChI=1S/C23H17F5O/c1-2-13-3-9-17-15(11-13)6-10-18-19(17)12-20(24)21(22(18)25)14-4-7-16(8-5-14)29-23(26,27)28/h3-5,7-9,11-12H,2,6,10H2,1H3. The third-order valence-corrected chi connectivity index (χ3v) is 5.21. The fourth-order valence-corrected chi connectivity index (χ4v) is 3.83. The molecule has 150 valence electrons. The molecule has 1 aliphatic rings. The van der Waals surface area contributed by atoms with Gasteiger partial charge in [0.2, 0.25) is 0 Å². The van der Waals surface area contributed by atoms with Crippen LogP contribution in [-0.2, 0) is 19.3 Å². The second-order valence-electron chi connectivity index (χ2n) is 6.99. The Morgan fingerprint density at radius 2 is 1.62 bits per heavy atom. The maximum absolute atomic E-state index is 15.3. The second kappa shape index (κ2) is 7.17. The molecule has 0 bridgehead atoms. The first-order valence-electron chi connectivity index (χ1n) is 9.26. The summed E-state index contributed by atoms with van der Waals surface area (Å²) in [5.41, 5.74) is 3.93. The lowest BCUT2D eigenvalue weighted by molar-refractivity contribution is -0.274. The maximum atomic E-state index is 15.3. The average Bonchev–Trinajstić information content (AvgIpc) is 2.67. The molecule has 6 heteroatoms. The molecule has 0 atom stereocenters. The van der Waals surface area contributed by atoms with Crippen molar-refractivity contribution >= 4 is 0 Å². The summed E-state index contributed by atoms with van der Waals surface area (Å²) in [6, 6.07) is 11.8. The summed E-state index contributed by atoms with van der Waals surface area (Å²) in [5.74, 6) is -1.87. The monoisotopic (exact) mass is 404 g/mol. The smallest absolute Gasteiger partial charge is 0.406 e. The maximum Gasteiger partial charge on any atom is 0.573 e. The first-order valence-corrected chi connectivity index (χ1v) is 9.26. The van der Waals surface area contributed by atoms with Crippen molar-refractivity contribution in [3.8, 4) is 28.0 Å². The van der Waals surface area contributed by atoms with Crippen LogP contribution in [0, 0.1) is 11.6 Å². The van der Waals surface area contributed by atoms with E-state index in [-0.39, 0.29) is 11.1 Å². The van der Waals surface area contributed by atoms with Crippen LogP contribution in [0.4, 0.5) is 22.0 Å². The van der Waals surface area contributed by atoms with E-state index in [0.717, 1.165) is 29.7 Å². The zero-order valence-corrected chi connectivity index (χ0v) is 15.5. The largest absolute Gasteiger partial charge is 0.573 e. The van der Waals surface area contributed by atoms with Crippen LogP contribution in [0.2, 0.25) is 0 Å². The van der Waals surface area contributed by atoms with Gasteiger partial charge >= 0.3 is 6.36 Å². The van der Waals surface area contributed by atoms with Crippen LogP contribution in [0.1, 0.15) is 23.6 Å². The highest BCUT2D eigenvalue weighted by Crippen LogP contribution is 2.40. The summed E-state index contributed by atoms with van der Waals surface area (Å²) in [7, 11) is 0. The first kappa shape index (κ1) is 19.4. The van der Waals surface area contributed by atoms with Gasteiger partial charge in [-0.2, -0.15) is 0 Å². The Hall–Kier alpha value is -2.89. The van der Waals surface area contributed by atoms with Crippen molar-refractivity contribution in [3.05, 3.63) is 76.9 Å². The number of halogens is 5. The third kappa shape index (κ3) is 3.71. The molecule has 0 heterocycles. The van der Waals surface area contributed by atoms with E-state index in [0.29, 0.717) is 24.0 Å². The van der Waals surface area contributed by atoms with Crippen molar-refractivity contribution < 1.29 is 26.7 Å². The Balaban J connectivity index is 1.76. The van der Waals surface area contributed by atoms with E-state index in [9.17, 15) is 17.6 Å². The van der Waals surface area contributed by atoms with E-state index in [1.807, 2.05) is 12.1 Å². The quantitative estimate of drug-likeness (QED) is 0.434. The molecule has 0 radical (unpaired) electrons. The molecule has 4 rings (SSSR count). The number of rotatable bonds is 3. The topological polar surface area (TPSA) is 9.23 Å². The molecule has 0 saturated carbocycles. The summed E-state index contributed by atoms with van der Waals surface area (Å²) < 4.78 is 70.9. The van der Waals surface area contributed by atoms with Crippen molar-refractivity contribution in [2.24, 2.45) is 0 Å². The first-order chi connectivity index (χ1) is 13.8. The highest BCUT2D eigenvalue weighted by atomic mass is 19.4. The molecule has 0 aromatic heterocycles. The Morgan fingerprint density at radius 3 is 2.28 bits per heavy atom. The Morgan fingerprint density at radius 1 is 0.897 bits per heavy atom. The lowest BCUT2D eigenvalue weighted by Crippen LogP contribution is -2.17. The van der Waals surface area contributed by atoms with Gasteiger partial charge in [-0.25, -0.2) is 8.78 Å². The van der Waals surface area contributed by atoms with Crippen molar-refractivity contribution in [1.29, 1.82) is 0 Å². The molecular formula is C23H17F5O. The van der Waals surface area contributed by atoms with Crippen LogP contribution < -0.4 is 4.74 Å². The molecule has 0 spiro atoms. The van der Waals surface area contributed by atoms with Gasteiger partial charge in [0.1, 0.15) is 17.4 Å². The molecule has 0 unspecified atom stereocenters. The molecule has 3 aromatic rings. The Labute approximate surface area is 164 Å². The van der Waals surface area contributed by atoms with Crippen LogP contribution in [0.25, 0.3) is 22.3 Å². The number of aryl methyl sites for hydroxylation is 2. The SMILES string of the molecule is CCc1ccc2c(c1)CCc1c-2cc(F)c(-c2ccc(OC(F)(F)F)cc2)c1F. The van der Waals surface area contributed by atoms with E-state index in [1.54, 1.807) is 0 Å². The highest BCUT2D eigenvalue weighted by Gasteiger charge is 2.31. The summed E-state index contributed by atoms with van der Waals surface area (Å²) in [4.78, 5) is 0. The van der Waals surface area contributed by atoms with Gasteiger partial charge in [0.15, 0.2) is 0 Å². The molecule has 0 amide bonds. The van der Waals surface area contributed by atoms with E-state index in [4.69, 9.17) is 0 Å². The van der Waals surface area contributed by atoms with Crippen molar-refractivity contribution in [2.45, 2.75) is 32.5 Å². The molecule has 3 aromatic carbocycles. The summed E-state index contributed by atoms with van der Waals surface area (Å²) in [6.45, 7) is 2.05. The van der Waals surface area contributed by atoms with Gasteiger partial charge in [0.05, 0.1) is 5.56 Å². The number of fused-ring (bicyclic) bond motifs is 3. The molecule has 0 aliphatic heterocycles. The van der Waals surface area contributed by atoms with Crippen LogP contribution >= 0.6 is 0 Å². The van der Waals surface area contributed by atoms with E-state index < -0.39 is 23.7 Å². The Bertz CT molecular complexity index is 1070. The lowest BCUT2D eigenvalue weighted by Gasteiger charge is -2.23. The van der Waals surface area contributed by atoms with Gasteiger partial charge in [-0.05, 0) is 70.8 Å². The second-order valence-corrected chi connectivity index (χ2v) is 6.99. The van der Waals surface area contributed by atoms with Gasteiger partial charge in [-0.15, -0.1) is 13.2 Å². The van der Waals surface area contributed by atoms with E-state index in [1.165, 1.54) is 23.8 Å². The minimum Gasteiger partial charge on any atom is -0.406 e. The average molecular weight is 404 g/mol. The molecule has 0 saturated heterocycles. The molecule has 0 N–H and O–H groups in total. The minimum atomic E-state index is -4.82. The third-order valence-electron chi connectivity index (χ3n) is 5.21. The zero-order chi connectivity index (χ0) is 20.8. The predicted molar refractivity (Wildman–Crippen MR) is 101 cm³/mol. The fourth-order valence-electron chi connectivity index (χ4n) is 3.83. The Kier molecular flexibility index (Phi) is 4.81. The predicted octanol–water partition coefficient (Wildman–Crippen LogP) is 6.86. The van der Waals surface area contributed by atoms with E-state index in [2.05, 4.69) is 17.7 Å². The van der Waals surface area contributed by atoms with Gasteiger partial charge < -0.3 is 4.74 Å². The normalized spacial score (nSPS) is 13.0. The lowest BCUT2D eigenvalue weighted by atomic mass is 9.82. The molecule has 1 aliphatic carbocycles. The molecule has 1 nitrogen and oxygen atoms in total. The summed E-state index contributed by atoms with van der Waals surface area (Å²) in [6.07, 6.45) is -2.86. The summed E-state index contributed by atoms with van der Waals surface area (Å²) >= 11 is 0. The molecule has 0 fully saturated rings. The van der Waals surface area contributed by atoms with Gasteiger partial charge in [0, 0.05) is 0 Å². The van der Waals surface area contributed by atoms with Gasteiger partial charge in [0.25, 0.3) is 0 Å². The van der Waals surface area contributed by atoms with Gasteiger partial charge in [-0.3, -0.25) is 0 Å². The fraction of sp³-hybridized carbons (Fsp3) is 0.217. The van der Waals surface area contributed by atoms with E-state index >= 15 is 4.39 Å². The summed E-state index contributed by atoms with van der Waals surface area (Å²) in [5, 5.41) is 0. The molecule has 29 heavy (non-hydrogen) atoms. The number of hydrogen-bond donors (Lipinski definition) is 0. The van der Waals surface area contributed by atoms with Crippen LogP contribution in [0.5, 0.6) is 5.75 Å². The molecular weight excluding hydrogens is 387 g/mol. The van der Waals surface area contributed by atoms with Crippen molar-refractivity contribution in [3.63, 3.8) is 0 Å². The highest BCUT2D eigenvalue weighted by molar-refractivity contribution is 5.78. The number of hydrogen-bond acceptors (Lipinski definition) is 1. The van der Waals surface area contributed by atoms with Gasteiger partial charge in [-0.1, -0.05) is 37.3 Å². The van der Waals surface area contributed by atoms with Crippen molar-refractivity contribution in [1.82, 2.24) is 0 Å². The zero-order valence-electron chi connectivity index (χ0n) is 15.5. The minimum absolute atomic E-state index is 0.157. The number of alkyl halides is 3.